The van der Waals surface area contributed by atoms with E-state index in [9.17, 15) is 4.79 Å². The van der Waals surface area contributed by atoms with Crippen molar-refractivity contribution >= 4 is 11.7 Å². The normalized spacial score (nSPS) is 20.1. The molecule has 2 aliphatic heterocycles. The molecule has 1 N–H and O–H groups in total. The van der Waals surface area contributed by atoms with Crippen LogP contribution in [-0.4, -0.2) is 55.6 Å². The summed E-state index contributed by atoms with van der Waals surface area (Å²) in [6.45, 7) is 7.27. The average Bonchev–Trinajstić information content (AvgIpc) is 2.67. The van der Waals surface area contributed by atoms with Crippen molar-refractivity contribution in [2.75, 3.05) is 44.7 Å². The van der Waals surface area contributed by atoms with Gasteiger partial charge in [-0.15, -0.1) is 0 Å². The quantitative estimate of drug-likeness (QED) is 0.892. The molecule has 1 amide bonds. The molecule has 2 fully saturated rings. The first kappa shape index (κ1) is 18.2. The minimum absolute atomic E-state index is 0.137. The number of piperidine rings is 2. The fourth-order valence-corrected chi connectivity index (χ4v) is 3.89. The third-order valence-electron chi connectivity index (χ3n) is 5.81. The van der Waals surface area contributed by atoms with Crippen LogP contribution in [0.1, 0.15) is 49.4 Å². The molecule has 5 nitrogen and oxygen atoms in total. The zero-order valence-corrected chi connectivity index (χ0v) is 15.7. The number of nitrogens with one attached hydrogen (secondary N) is 1. The number of anilines is 1. The maximum absolute atomic E-state index is 12.7. The number of carbonyl (C=O) groups excluding carboxylic acids is 1. The predicted molar refractivity (Wildman–Crippen MR) is 102 cm³/mol. The summed E-state index contributed by atoms with van der Waals surface area (Å²) in [5.41, 5.74) is 0.725. The van der Waals surface area contributed by atoms with Crippen LogP contribution < -0.4 is 10.2 Å². The van der Waals surface area contributed by atoms with Gasteiger partial charge in [-0.25, -0.2) is 4.98 Å². The standard InChI is InChI=1S/C20H32N4O/c1-16-6-11-23(12-7-16)19-4-3-18(15-22-19)20(25)24-13-8-17(9-14-24)5-10-21-2/h3-4,15-17,21H,5-14H2,1-2H3. The summed E-state index contributed by atoms with van der Waals surface area (Å²) < 4.78 is 0. The number of hydrogen-bond donors (Lipinski definition) is 1. The monoisotopic (exact) mass is 344 g/mol. The minimum Gasteiger partial charge on any atom is -0.357 e. The van der Waals surface area contributed by atoms with Gasteiger partial charge in [-0.2, -0.15) is 0 Å². The third-order valence-corrected chi connectivity index (χ3v) is 5.81. The smallest absolute Gasteiger partial charge is 0.255 e. The van der Waals surface area contributed by atoms with Crippen molar-refractivity contribution in [1.29, 1.82) is 0 Å². The second-order valence-electron chi connectivity index (χ2n) is 7.70. The molecule has 0 spiro atoms. The van der Waals surface area contributed by atoms with Crippen molar-refractivity contribution < 1.29 is 4.79 Å². The molecule has 0 bridgehead atoms. The first-order valence-corrected chi connectivity index (χ1v) is 9.82. The van der Waals surface area contributed by atoms with Crippen LogP contribution in [0.4, 0.5) is 5.82 Å². The molecule has 25 heavy (non-hydrogen) atoms. The highest BCUT2D eigenvalue weighted by molar-refractivity contribution is 5.94. The number of nitrogens with zero attached hydrogens (tertiary/aromatic N) is 3. The van der Waals surface area contributed by atoms with E-state index in [1.54, 1.807) is 6.20 Å². The lowest BCUT2D eigenvalue weighted by atomic mass is 9.93. The first-order chi connectivity index (χ1) is 12.2. The van der Waals surface area contributed by atoms with Gasteiger partial charge < -0.3 is 15.1 Å². The maximum atomic E-state index is 12.7. The van der Waals surface area contributed by atoms with Gasteiger partial charge >= 0.3 is 0 Å². The highest BCUT2D eigenvalue weighted by Gasteiger charge is 2.24. The SMILES string of the molecule is CNCCC1CCN(C(=O)c2ccc(N3CCC(C)CC3)nc2)CC1. The fourth-order valence-electron chi connectivity index (χ4n) is 3.89. The van der Waals surface area contributed by atoms with Crippen LogP contribution in [0.15, 0.2) is 18.3 Å². The Morgan fingerprint density at radius 3 is 2.48 bits per heavy atom. The maximum Gasteiger partial charge on any atom is 0.255 e. The molecule has 2 saturated heterocycles. The zero-order valence-electron chi connectivity index (χ0n) is 15.7. The van der Waals surface area contributed by atoms with E-state index in [4.69, 9.17) is 0 Å². The van der Waals surface area contributed by atoms with Crippen LogP contribution in [0, 0.1) is 11.8 Å². The van der Waals surface area contributed by atoms with Crippen molar-refractivity contribution in [1.82, 2.24) is 15.2 Å². The van der Waals surface area contributed by atoms with Crippen LogP contribution >= 0.6 is 0 Å². The summed E-state index contributed by atoms with van der Waals surface area (Å²) >= 11 is 0. The lowest BCUT2D eigenvalue weighted by molar-refractivity contribution is 0.0686. The Morgan fingerprint density at radius 2 is 1.88 bits per heavy atom. The zero-order chi connectivity index (χ0) is 17.6. The number of aromatic nitrogens is 1. The Balaban J connectivity index is 1.53. The highest BCUT2D eigenvalue weighted by Crippen LogP contribution is 2.23. The van der Waals surface area contributed by atoms with E-state index in [1.807, 2.05) is 24.1 Å². The summed E-state index contributed by atoms with van der Waals surface area (Å²) in [5.74, 6) is 2.71. The Bertz CT molecular complexity index is 543. The van der Waals surface area contributed by atoms with E-state index in [1.165, 1.54) is 19.3 Å². The Hall–Kier alpha value is -1.62. The van der Waals surface area contributed by atoms with Crippen LogP contribution in [0.5, 0.6) is 0 Å². The van der Waals surface area contributed by atoms with Gasteiger partial charge in [0.25, 0.3) is 5.91 Å². The fraction of sp³-hybridized carbons (Fsp3) is 0.700. The van der Waals surface area contributed by atoms with Crippen LogP contribution in [0.25, 0.3) is 0 Å². The topological polar surface area (TPSA) is 48.5 Å². The first-order valence-electron chi connectivity index (χ1n) is 9.82. The van der Waals surface area contributed by atoms with Gasteiger partial charge in [-0.05, 0) is 69.7 Å². The molecule has 3 rings (SSSR count). The van der Waals surface area contributed by atoms with Crippen molar-refractivity contribution in [3.63, 3.8) is 0 Å². The van der Waals surface area contributed by atoms with Crippen molar-refractivity contribution in [2.24, 2.45) is 11.8 Å². The molecular formula is C20H32N4O. The summed E-state index contributed by atoms with van der Waals surface area (Å²) in [6.07, 6.45) is 7.66. The number of likely N-dealkylation sites (tertiary alicyclic amines) is 1. The van der Waals surface area contributed by atoms with E-state index in [2.05, 4.69) is 22.1 Å². The van der Waals surface area contributed by atoms with Crippen LogP contribution in [-0.2, 0) is 0 Å². The molecule has 2 aliphatic rings. The van der Waals surface area contributed by atoms with Crippen LogP contribution in [0.2, 0.25) is 0 Å². The molecule has 0 aromatic carbocycles. The lowest BCUT2D eigenvalue weighted by Crippen LogP contribution is -2.39. The molecule has 1 aromatic rings. The van der Waals surface area contributed by atoms with E-state index in [0.717, 1.165) is 68.8 Å². The molecule has 5 heteroatoms. The summed E-state index contributed by atoms with van der Waals surface area (Å²) in [4.78, 5) is 21.6. The molecule has 0 saturated carbocycles. The Morgan fingerprint density at radius 1 is 1.16 bits per heavy atom. The second-order valence-corrected chi connectivity index (χ2v) is 7.70. The molecule has 0 radical (unpaired) electrons. The number of pyridine rings is 1. The summed E-state index contributed by atoms with van der Waals surface area (Å²) in [7, 11) is 2.00. The van der Waals surface area contributed by atoms with Gasteiger partial charge in [-0.1, -0.05) is 6.92 Å². The van der Waals surface area contributed by atoms with Crippen LogP contribution in [0.3, 0.4) is 0 Å². The van der Waals surface area contributed by atoms with Crippen molar-refractivity contribution in [2.45, 2.75) is 39.0 Å². The third kappa shape index (κ3) is 4.72. The summed E-state index contributed by atoms with van der Waals surface area (Å²) in [5, 5.41) is 3.22. The molecule has 3 heterocycles. The molecule has 0 unspecified atom stereocenters. The lowest BCUT2D eigenvalue weighted by Gasteiger charge is -2.32. The van der Waals surface area contributed by atoms with Gasteiger partial charge in [0.05, 0.1) is 5.56 Å². The number of rotatable bonds is 5. The molecule has 1 aromatic heterocycles. The van der Waals surface area contributed by atoms with Crippen molar-refractivity contribution in [3.05, 3.63) is 23.9 Å². The van der Waals surface area contributed by atoms with E-state index < -0.39 is 0 Å². The van der Waals surface area contributed by atoms with Gasteiger partial charge in [0.1, 0.15) is 5.82 Å². The molecule has 0 aliphatic carbocycles. The van der Waals surface area contributed by atoms with Gasteiger partial charge in [0, 0.05) is 32.4 Å². The Kier molecular flexibility index (Phi) is 6.29. The van der Waals surface area contributed by atoms with E-state index >= 15 is 0 Å². The predicted octanol–water partition coefficient (Wildman–Crippen LogP) is 2.78. The van der Waals surface area contributed by atoms with Crippen molar-refractivity contribution in [3.8, 4) is 0 Å². The van der Waals surface area contributed by atoms with Gasteiger partial charge in [0.2, 0.25) is 0 Å². The number of carbonyl (C=O) groups is 1. The largest absolute Gasteiger partial charge is 0.357 e. The molecular weight excluding hydrogens is 312 g/mol. The number of amides is 1. The average molecular weight is 345 g/mol. The summed E-state index contributed by atoms with van der Waals surface area (Å²) in [6, 6.07) is 3.97. The number of hydrogen-bond acceptors (Lipinski definition) is 4. The van der Waals surface area contributed by atoms with E-state index in [0.29, 0.717) is 0 Å². The van der Waals surface area contributed by atoms with E-state index in [-0.39, 0.29) is 5.91 Å². The Labute approximate surface area is 151 Å². The van der Waals surface area contributed by atoms with Gasteiger partial charge in [-0.3, -0.25) is 4.79 Å². The highest BCUT2D eigenvalue weighted by atomic mass is 16.2. The molecule has 0 atom stereocenters. The van der Waals surface area contributed by atoms with Gasteiger partial charge in [0.15, 0.2) is 0 Å². The molecule has 138 valence electrons. The minimum atomic E-state index is 0.137. The second kappa shape index (κ2) is 8.65.